The fraction of sp³-hybridized carbons (Fsp3) is 0.250. The lowest BCUT2D eigenvalue weighted by molar-refractivity contribution is -0.119. The third-order valence-corrected chi connectivity index (χ3v) is 5.05. The van der Waals surface area contributed by atoms with Crippen molar-refractivity contribution in [2.45, 2.75) is 11.3 Å². The highest BCUT2D eigenvalue weighted by Gasteiger charge is 2.20. The van der Waals surface area contributed by atoms with Crippen LogP contribution in [0.2, 0.25) is 5.02 Å². The van der Waals surface area contributed by atoms with E-state index in [1.807, 2.05) is 12.1 Å². The number of anilines is 1. The summed E-state index contributed by atoms with van der Waals surface area (Å²) >= 11 is 7.48. The van der Waals surface area contributed by atoms with Gasteiger partial charge in [-0.1, -0.05) is 23.7 Å². The number of hydrogen-bond donors (Lipinski definition) is 1. The van der Waals surface area contributed by atoms with Crippen LogP contribution in [-0.4, -0.2) is 37.4 Å². The number of nitriles is 1. The molecule has 1 N–H and O–H groups in total. The third kappa shape index (κ3) is 5.56. The summed E-state index contributed by atoms with van der Waals surface area (Å²) < 4.78 is 16.2. The SMILES string of the molecule is N#CCSc1ccccc1NC(=O)COC(=O)c1cc(Cl)c2c(c1)OCCCO2. The van der Waals surface area contributed by atoms with Gasteiger partial charge in [-0.25, -0.2) is 4.79 Å². The van der Waals surface area contributed by atoms with Crippen LogP contribution in [0.4, 0.5) is 5.69 Å². The summed E-state index contributed by atoms with van der Waals surface area (Å²) in [6.07, 6.45) is 0.707. The normalized spacial score (nSPS) is 12.4. The minimum atomic E-state index is -0.704. The molecule has 1 heterocycles. The average Bonchev–Trinajstić information content (AvgIpc) is 2.97. The minimum absolute atomic E-state index is 0.164. The largest absolute Gasteiger partial charge is 0.489 e. The van der Waals surface area contributed by atoms with Gasteiger partial charge < -0.3 is 19.5 Å². The zero-order chi connectivity index (χ0) is 20.6. The number of thioether (sulfide) groups is 1. The number of fused-ring (bicyclic) bond motifs is 1. The highest BCUT2D eigenvalue weighted by Crippen LogP contribution is 2.38. The van der Waals surface area contributed by atoms with Crippen LogP contribution in [-0.2, 0) is 9.53 Å². The molecule has 0 bridgehead atoms. The van der Waals surface area contributed by atoms with Crippen LogP contribution in [0.1, 0.15) is 16.8 Å². The number of para-hydroxylation sites is 1. The summed E-state index contributed by atoms with van der Waals surface area (Å²) in [4.78, 5) is 25.3. The van der Waals surface area contributed by atoms with Crippen molar-refractivity contribution in [3.63, 3.8) is 0 Å². The Kier molecular flexibility index (Phi) is 7.22. The first-order valence-electron chi connectivity index (χ1n) is 8.73. The van der Waals surface area contributed by atoms with Crippen molar-refractivity contribution >= 4 is 40.9 Å². The first kappa shape index (κ1) is 20.8. The molecule has 1 aliphatic heterocycles. The number of carbonyl (C=O) groups is 2. The van der Waals surface area contributed by atoms with Crippen molar-refractivity contribution in [1.29, 1.82) is 5.26 Å². The Morgan fingerprint density at radius 1 is 1.24 bits per heavy atom. The first-order valence-corrected chi connectivity index (χ1v) is 10.1. The van der Waals surface area contributed by atoms with Crippen molar-refractivity contribution in [2.24, 2.45) is 0 Å². The van der Waals surface area contributed by atoms with Crippen LogP contribution in [0.15, 0.2) is 41.3 Å². The Bertz CT molecular complexity index is 960. The molecule has 1 aliphatic rings. The number of carbonyl (C=O) groups excluding carboxylic acids is 2. The Morgan fingerprint density at radius 2 is 2.03 bits per heavy atom. The Balaban J connectivity index is 1.61. The van der Waals surface area contributed by atoms with Crippen molar-refractivity contribution < 1.29 is 23.8 Å². The predicted molar refractivity (Wildman–Crippen MR) is 109 cm³/mol. The number of amides is 1. The van der Waals surface area contributed by atoms with Crippen LogP contribution in [0, 0.1) is 11.3 Å². The molecular formula is C20H17ClN2O5S. The Labute approximate surface area is 176 Å². The maximum absolute atomic E-state index is 12.3. The standard InChI is InChI=1S/C20H17ClN2O5S/c21-14-10-13(11-16-19(14)27-8-3-7-26-16)20(25)28-12-18(24)23-15-4-1-2-5-17(15)29-9-6-22/h1-2,4-5,10-11H,3,7-9,12H2,(H,23,24). The summed E-state index contributed by atoms with van der Waals surface area (Å²) in [6, 6.07) is 12.0. The average molecular weight is 433 g/mol. The molecular weight excluding hydrogens is 416 g/mol. The fourth-order valence-corrected chi connectivity index (χ4v) is 3.49. The maximum Gasteiger partial charge on any atom is 0.338 e. The number of nitrogens with zero attached hydrogens (tertiary/aromatic N) is 1. The van der Waals surface area contributed by atoms with E-state index in [2.05, 4.69) is 5.32 Å². The number of nitrogens with one attached hydrogen (secondary N) is 1. The molecule has 29 heavy (non-hydrogen) atoms. The predicted octanol–water partition coefficient (Wildman–Crippen LogP) is 3.91. The number of benzene rings is 2. The molecule has 0 unspecified atom stereocenters. The second kappa shape index (κ2) is 10.0. The lowest BCUT2D eigenvalue weighted by Gasteiger charge is -2.12. The number of esters is 1. The quantitative estimate of drug-likeness (QED) is 0.545. The third-order valence-electron chi connectivity index (χ3n) is 3.83. The summed E-state index contributed by atoms with van der Waals surface area (Å²) in [5.74, 6) is -0.180. The van der Waals surface area contributed by atoms with Gasteiger partial charge in [0.1, 0.15) is 0 Å². The smallest absolute Gasteiger partial charge is 0.338 e. The highest BCUT2D eigenvalue weighted by molar-refractivity contribution is 7.99. The second-order valence-electron chi connectivity index (χ2n) is 5.90. The van der Waals surface area contributed by atoms with Crippen LogP contribution in [0.25, 0.3) is 0 Å². The first-order chi connectivity index (χ1) is 14.1. The zero-order valence-corrected chi connectivity index (χ0v) is 16.8. The molecule has 9 heteroatoms. The molecule has 0 aliphatic carbocycles. The number of halogens is 1. The summed E-state index contributed by atoms with van der Waals surface area (Å²) in [7, 11) is 0. The molecule has 0 spiro atoms. The van der Waals surface area contributed by atoms with Crippen LogP contribution >= 0.6 is 23.4 Å². The van der Waals surface area contributed by atoms with E-state index in [9.17, 15) is 9.59 Å². The van der Waals surface area contributed by atoms with Crippen molar-refractivity contribution in [3.05, 3.63) is 47.0 Å². The molecule has 1 amide bonds. The van der Waals surface area contributed by atoms with E-state index in [0.717, 1.165) is 4.90 Å². The van der Waals surface area contributed by atoms with Crippen molar-refractivity contribution in [1.82, 2.24) is 0 Å². The van der Waals surface area contributed by atoms with E-state index >= 15 is 0 Å². The monoisotopic (exact) mass is 432 g/mol. The van der Waals surface area contributed by atoms with Crippen LogP contribution in [0.5, 0.6) is 11.5 Å². The van der Waals surface area contributed by atoms with Crippen LogP contribution < -0.4 is 14.8 Å². The van der Waals surface area contributed by atoms with E-state index in [1.165, 1.54) is 23.9 Å². The topological polar surface area (TPSA) is 97.7 Å². The molecule has 7 nitrogen and oxygen atoms in total. The van der Waals surface area contributed by atoms with Crippen LogP contribution in [0.3, 0.4) is 0 Å². The molecule has 0 saturated heterocycles. The Hall–Kier alpha value is -2.89. The minimum Gasteiger partial charge on any atom is -0.489 e. The molecule has 0 fully saturated rings. The van der Waals surface area contributed by atoms with Gasteiger partial charge in [-0.2, -0.15) is 5.26 Å². The van der Waals surface area contributed by atoms with Gasteiger partial charge in [-0.15, -0.1) is 11.8 Å². The summed E-state index contributed by atoms with van der Waals surface area (Å²) in [6.45, 7) is 0.459. The van der Waals surface area contributed by atoms with E-state index in [4.69, 9.17) is 31.1 Å². The van der Waals surface area contributed by atoms with Gasteiger partial charge in [0.25, 0.3) is 5.91 Å². The number of ether oxygens (including phenoxy) is 3. The van der Waals surface area contributed by atoms with Gasteiger partial charge in [0.15, 0.2) is 18.1 Å². The van der Waals surface area contributed by atoms with E-state index in [0.29, 0.717) is 36.8 Å². The lowest BCUT2D eigenvalue weighted by atomic mass is 10.2. The van der Waals surface area contributed by atoms with Gasteiger partial charge in [0.2, 0.25) is 0 Å². The number of rotatable bonds is 6. The molecule has 0 atom stereocenters. The van der Waals surface area contributed by atoms with Crippen molar-refractivity contribution in [2.75, 3.05) is 30.9 Å². The van der Waals surface area contributed by atoms with E-state index < -0.39 is 18.5 Å². The fourth-order valence-electron chi connectivity index (χ4n) is 2.56. The summed E-state index contributed by atoms with van der Waals surface area (Å²) in [5, 5.41) is 11.6. The number of hydrogen-bond acceptors (Lipinski definition) is 7. The van der Waals surface area contributed by atoms with Gasteiger partial charge in [-0.3, -0.25) is 4.79 Å². The van der Waals surface area contributed by atoms with E-state index in [1.54, 1.807) is 18.2 Å². The van der Waals surface area contributed by atoms with Gasteiger partial charge in [0, 0.05) is 11.3 Å². The molecule has 2 aromatic rings. The second-order valence-corrected chi connectivity index (χ2v) is 7.33. The van der Waals surface area contributed by atoms with Gasteiger partial charge in [0.05, 0.1) is 41.3 Å². The molecule has 0 aromatic heterocycles. The highest BCUT2D eigenvalue weighted by atomic mass is 35.5. The lowest BCUT2D eigenvalue weighted by Crippen LogP contribution is -2.21. The molecule has 3 rings (SSSR count). The molecule has 150 valence electrons. The van der Waals surface area contributed by atoms with Crippen molar-refractivity contribution in [3.8, 4) is 17.6 Å². The van der Waals surface area contributed by atoms with E-state index in [-0.39, 0.29) is 16.3 Å². The molecule has 0 saturated carbocycles. The van der Waals surface area contributed by atoms with Gasteiger partial charge in [-0.05, 0) is 24.3 Å². The maximum atomic E-state index is 12.3. The Morgan fingerprint density at radius 3 is 2.86 bits per heavy atom. The zero-order valence-electron chi connectivity index (χ0n) is 15.3. The van der Waals surface area contributed by atoms with Gasteiger partial charge >= 0.3 is 5.97 Å². The molecule has 0 radical (unpaired) electrons. The summed E-state index contributed by atoms with van der Waals surface area (Å²) in [5.41, 5.74) is 0.712. The molecule has 2 aromatic carbocycles.